The monoisotopic (exact) mass is 328 g/mol. The Morgan fingerprint density at radius 3 is 1.87 bits per heavy atom. The van der Waals surface area contributed by atoms with Gasteiger partial charge in [0.15, 0.2) is 0 Å². The molecule has 0 unspecified atom stereocenters. The fourth-order valence-corrected chi connectivity index (χ4v) is 4.83. The van der Waals surface area contributed by atoms with Crippen molar-refractivity contribution in [3.63, 3.8) is 0 Å². The van der Waals surface area contributed by atoms with Crippen LogP contribution in [0.25, 0.3) is 0 Å². The van der Waals surface area contributed by atoms with E-state index in [0.29, 0.717) is 12.0 Å². The predicted octanol–water partition coefficient (Wildman–Crippen LogP) is 6.13. The average molecular weight is 328 g/mol. The molecule has 0 radical (unpaired) electrons. The van der Waals surface area contributed by atoms with E-state index in [0.717, 1.165) is 12.0 Å². The Bertz CT molecular complexity index is 566. The van der Waals surface area contributed by atoms with Crippen LogP contribution in [0.4, 0.5) is 17.6 Å². The van der Waals surface area contributed by atoms with E-state index in [2.05, 4.69) is 0 Å². The summed E-state index contributed by atoms with van der Waals surface area (Å²) in [5.74, 6) is -7.92. The van der Waals surface area contributed by atoms with Gasteiger partial charge in [0, 0.05) is 5.41 Å². The Balaban J connectivity index is 2.07. The molecule has 3 aliphatic carbocycles. The molecular weight excluding hydrogens is 304 g/mol. The van der Waals surface area contributed by atoms with Gasteiger partial charge in [-0.3, -0.25) is 0 Å². The second kappa shape index (κ2) is 5.22. The van der Waals surface area contributed by atoms with E-state index in [1.165, 1.54) is 0 Å². The fourth-order valence-electron chi connectivity index (χ4n) is 4.83. The first-order chi connectivity index (χ1) is 10.8. The van der Waals surface area contributed by atoms with E-state index in [-0.39, 0.29) is 32.1 Å². The van der Waals surface area contributed by atoms with Crippen molar-refractivity contribution >= 4 is 0 Å². The third-order valence-corrected chi connectivity index (χ3v) is 6.37. The molecule has 0 saturated heterocycles. The minimum absolute atomic E-state index is 0.154. The van der Waals surface area contributed by atoms with Crippen molar-refractivity contribution in [2.24, 2.45) is 5.41 Å². The summed E-state index contributed by atoms with van der Waals surface area (Å²) in [4.78, 5) is 0. The van der Waals surface area contributed by atoms with E-state index in [1.807, 2.05) is 6.92 Å². The number of benzene rings is 1. The molecule has 128 valence electrons. The first-order valence-electron chi connectivity index (χ1n) is 8.61. The quantitative estimate of drug-likeness (QED) is 0.583. The van der Waals surface area contributed by atoms with Crippen LogP contribution in [-0.4, -0.2) is 11.8 Å². The van der Waals surface area contributed by atoms with Crippen LogP contribution in [0.1, 0.15) is 63.5 Å². The zero-order valence-electron chi connectivity index (χ0n) is 13.8. The van der Waals surface area contributed by atoms with Gasteiger partial charge in [-0.15, -0.1) is 0 Å². The summed E-state index contributed by atoms with van der Waals surface area (Å²) in [6.45, 7) is 3.78. The molecule has 1 aromatic rings. The van der Waals surface area contributed by atoms with Crippen LogP contribution in [0.15, 0.2) is 24.3 Å². The highest BCUT2D eigenvalue weighted by atomic mass is 19.3. The number of rotatable bonds is 4. The highest BCUT2D eigenvalue weighted by molar-refractivity contribution is 5.37. The lowest BCUT2D eigenvalue weighted by atomic mass is 9.47. The predicted molar refractivity (Wildman–Crippen MR) is 83.2 cm³/mol. The van der Waals surface area contributed by atoms with Crippen LogP contribution in [0.3, 0.4) is 0 Å². The fraction of sp³-hybridized carbons (Fsp3) is 0.684. The van der Waals surface area contributed by atoms with Gasteiger partial charge in [0.2, 0.25) is 0 Å². The van der Waals surface area contributed by atoms with Crippen LogP contribution >= 0.6 is 0 Å². The van der Waals surface area contributed by atoms with E-state index in [9.17, 15) is 8.78 Å². The molecule has 23 heavy (non-hydrogen) atoms. The number of hydrogen-bond acceptors (Lipinski definition) is 0. The molecule has 1 aromatic carbocycles. The molecule has 4 rings (SSSR count). The normalized spacial score (nSPS) is 34.5. The lowest BCUT2D eigenvalue weighted by Crippen LogP contribution is -2.71. The third-order valence-electron chi connectivity index (χ3n) is 6.37. The Morgan fingerprint density at radius 2 is 1.39 bits per heavy atom. The Kier molecular flexibility index (Phi) is 3.81. The largest absolute Gasteiger partial charge is 0.320 e. The van der Waals surface area contributed by atoms with Crippen molar-refractivity contribution in [2.45, 2.75) is 76.1 Å². The maximum atomic E-state index is 15.0. The number of hydrogen-bond donors (Lipinski definition) is 0. The van der Waals surface area contributed by atoms with Gasteiger partial charge in [-0.1, -0.05) is 44.5 Å². The van der Waals surface area contributed by atoms with Crippen LogP contribution in [0.2, 0.25) is 0 Å². The minimum atomic E-state index is -3.99. The van der Waals surface area contributed by atoms with Gasteiger partial charge < -0.3 is 0 Å². The maximum Gasteiger partial charge on any atom is 0.320 e. The van der Waals surface area contributed by atoms with Gasteiger partial charge in [-0.25, -0.2) is 0 Å². The molecular formula is C19H24F4. The lowest BCUT2D eigenvalue weighted by molar-refractivity contribution is -0.347. The number of halogens is 4. The van der Waals surface area contributed by atoms with Crippen molar-refractivity contribution in [2.75, 3.05) is 0 Å². The smallest absolute Gasteiger partial charge is 0.199 e. The second-order valence-electron chi connectivity index (χ2n) is 7.31. The number of fused-ring (bicyclic) bond motifs is 3. The summed E-state index contributed by atoms with van der Waals surface area (Å²) in [7, 11) is 0. The SMILES string of the molecule is CCCC12CCC(c3ccc(CC)cc3)(CC1)C(F)(F)C2(F)F. The van der Waals surface area contributed by atoms with Crippen molar-refractivity contribution in [1.29, 1.82) is 0 Å². The Labute approximate surface area is 135 Å². The zero-order valence-corrected chi connectivity index (χ0v) is 13.8. The molecule has 3 saturated carbocycles. The molecule has 0 aliphatic heterocycles. The summed E-state index contributed by atoms with van der Waals surface area (Å²) in [6, 6.07) is 6.86. The third kappa shape index (κ3) is 1.96. The lowest BCUT2D eigenvalue weighted by Gasteiger charge is -2.61. The van der Waals surface area contributed by atoms with Gasteiger partial charge in [-0.2, -0.15) is 17.6 Å². The molecule has 2 bridgehead atoms. The van der Waals surface area contributed by atoms with Crippen LogP contribution in [0.5, 0.6) is 0 Å². The Hall–Kier alpha value is -1.06. The van der Waals surface area contributed by atoms with Gasteiger partial charge in [-0.05, 0) is 49.7 Å². The van der Waals surface area contributed by atoms with Gasteiger partial charge >= 0.3 is 11.8 Å². The number of alkyl halides is 4. The van der Waals surface area contributed by atoms with Crippen molar-refractivity contribution in [3.05, 3.63) is 35.4 Å². The summed E-state index contributed by atoms with van der Waals surface area (Å²) >= 11 is 0. The first kappa shape index (κ1) is 16.8. The molecule has 0 spiro atoms. The second-order valence-corrected chi connectivity index (χ2v) is 7.31. The van der Waals surface area contributed by atoms with E-state index in [1.54, 1.807) is 31.2 Å². The Morgan fingerprint density at radius 1 is 0.826 bits per heavy atom. The summed E-state index contributed by atoms with van der Waals surface area (Å²) < 4.78 is 59.7. The van der Waals surface area contributed by atoms with Crippen LogP contribution < -0.4 is 0 Å². The standard InChI is InChI=1S/C19H24F4/c1-3-9-16-10-12-17(13-11-16,19(22,23)18(16,20)21)15-7-5-14(4-2)6-8-15/h5-8H,3-4,9-13H2,1-2H3. The molecule has 0 nitrogen and oxygen atoms in total. The van der Waals surface area contributed by atoms with Gasteiger partial charge in [0.1, 0.15) is 0 Å². The van der Waals surface area contributed by atoms with E-state index in [4.69, 9.17) is 0 Å². The van der Waals surface area contributed by atoms with Crippen LogP contribution in [0, 0.1) is 5.41 Å². The molecule has 4 heteroatoms. The average Bonchev–Trinajstić information content (AvgIpc) is 2.54. The molecule has 0 aromatic heterocycles. The summed E-state index contributed by atoms with van der Waals surface area (Å²) in [5, 5.41) is 0. The first-order valence-corrected chi connectivity index (χ1v) is 8.61. The molecule has 0 heterocycles. The summed E-state index contributed by atoms with van der Waals surface area (Å²) in [6.07, 6.45) is 2.20. The van der Waals surface area contributed by atoms with Crippen molar-refractivity contribution in [1.82, 2.24) is 0 Å². The molecule has 3 fully saturated rings. The van der Waals surface area contributed by atoms with E-state index < -0.39 is 22.7 Å². The minimum Gasteiger partial charge on any atom is -0.199 e. The molecule has 3 aliphatic rings. The molecule has 0 N–H and O–H groups in total. The van der Waals surface area contributed by atoms with E-state index >= 15 is 8.78 Å². The highest BCUT2D eigenvalue weighted by Crippen LogP contribution is 2.71. The maximum absolute atomic E-state index is 15.0. The topological polar surface area (TPSA) is 0 Å². The molecule has 0 amide bonds. The van der Waals surface area contributed by atoms with Gasteiger partial charge in [0.05, 0.1) is 5.41 Å². The van der Waals surface area contributed by atoms with Crippen LogP contribution in [-0.2, 0) is 11.8 Å². The summed E-state index contributed by atoms with van der Waals surface area (Å²) in [5.41, 5.74) is -1.81. The number of aryl methyl sites for hydroxylation is 1. The van der Waals surface area contributed by atoms with Crippen molar-refractivity contribution in [3.8, 4) is 0 Å². The zero-order chi connectivity index (χ0) is 16.9. The van der Waals surface area contributed by atoms with Crippen molar-refractivity contribution < 1.29 is 17.6 Å². The highest BCUT2D eigenvalue weighted by Gasteiger charge is 2.81. The van der Waals surface area contributed by atoms with Gasteiger partial charge in [0.25, 0.3) is 0 Å². The molecule has 0 atom stereocenters.